The predicted octanol–water partition coefficient (Wildman–Crippen LogP) is 2.73. The van der Waals surface area contributed by atoms with Crippen molar-refractivity contribution >= 4 is 5.69 Å². The third-order valence-electron chi connectivity index (χ3n) is 3.20. The van der Waals surface area contributed by atoms with E-state index < -0.39 is 0 Å². The number of nitrogens with zero attached hydrogens (tertiary/aromatic N) is 2. The fourth-order valence-electron chi connectivity index (χ4n) is 2.12. The summed E-state index contributed by atoms with van der Waals surface area (Å²) in [7, 11) is 0. The van der Waals surface area contributed by atoms with Crippen molar-refractivity contribution in [2.75, 3.05) is 11.4 Å². The van der Waals surface area contributed by atoms with Gasteiger partial charge < -0.3 is 10.2 Å². The van der Waals surface area contributed by atoms with E-state index in [0.717, 1.165) is 13.1 Å². The van der Waals surface area contributed by atoms with Crippen molar-refractivity contribution in [3.63, 3.8) is 0 Å². The average molecular weight is 245 g/mol. The number of anilines is 1. The minimum Gasteiger partial charge on any atom is -0.364 e. The van der Waals surface area contributed by atoms with Gasteiger partial charge in [-0.3, -0.25) is 4.98 Å². The largest absolute Gasteiger partial charge is 0.364 e. The second-order valence-corrected chi connectivity index (χ2v) is 5.21. The van der Waals surface area contributed by atoms with E-state index in [1.54, 1.807) is 0 Å². The van der Waals surface area contributed by atoms with Crippen LogP contribution in [-0.4, -0.2) is 23.6 Å². The summed E-state index contributed by atoms with van der Waals surface area (Å²) in [5.41, 5.74) is 2.58. The Kier molecular flexibility index (Phi) is 4.37. The Morgan fingerprint density at radius 3 is 2.94 bits per heavy atom. The molecule has 0 radical (unpaired) electrons. The molecule has 18 heavy (non-hydrogen) atoms. The fraction of sp³-hybridized carbons (Fsp3) is 0.533. The summed E-state index contributed by atoms with van der Waals surface area (Å²) >= 11 is 0. The van der Waals surface area contributed by atoms with Gasteiger partial charge in [0.25, 0.3) is 0 Å². The second-order valence-electron chi connectivity index (χ2n) is 5.21. The van der Waals surface area contributed by atoms with Crippen molar-refractivity contribution in [2.24, 2.45) is 0 Å². The van der Waals surface area contributed by atoms with Gasteiger partial charge in [-0.05, 0) is 18.9 Å². The molecule has 0 aromatic carbocycles. The molecule has 1 N–H and O–H groups in total. The number of aromatic nitrogens is 1. The lowest BCUT2D eigenvalue weighted by atomic mass is 10.2. The second kappa shape index (κ2) is 6.01. The molecule has 3 heteroatoms. The van der Waals surface area contributed by atoms with Gasteiger partial charge in [-0.1, -0.05) is 19.9 Å². The van der Waals surface area contributed by atoms with E-state index in [9.17, 15) is 0 Å². The molecule has 1 aliphatic rings. The molecule has 0 aliphatic heterocycles. The van der Waals surface area contributed by atoms with Gasteiger partial charge >= 0.3 is 0 Å². The minimum absolute atomic E-state index is 0.492. The summed E-state index contributed by atoms with van der Waals surface area (Å²) in [5.74, 6) is 0. The van der Waals surface area contributed by atoms with Crippen molar-refractivity contribution in [1.29, 1.82) is 0 Å². The summed E-state index contributed by atoms with van der Waals surface area (Å²) in [6.07, 6.45) is 8.44. The zero-order valence-corrected chi connectivity index (χ0v) is 11.4. The maximum absolute atomic E-state index is 4.25. The van der Waals surface area contributed by atoms with E-state index in [0.29, 0.717) is 12.1 Å². The van der Waals surface area contributed by atoms with Gasteiger partial charge in [0.1, 0.15) is 0 Å². The van der Waals surface area contributed by atoms with Gasteiger partial charge in [-0.2, -0.15) is 0 Å². The Balaban J connectivity index is 2.16. The molecule has 0 atom stereocenters. The first kappa shape index (κ1) is 13.1. The molecule has 2 rings (SSSR count). The van der Waals surface area contributed by atoms with E-state index in [2.05, 4.69) is 41.7 Å². The number of pyridine rings is 1. The predicted molar refractivity (Wildman–Crippen MR) is 76.8 cm³/mol. The lowest BCUT2D eigenvalue weighted by Gasteiger charge is -2.26. The lowest BCUT2D eigenvalue weighted by Crippen LogP contribution is -2.29. The molecule has 1 aromatic heterocycles. The summed E-state index contributed by atoms with van der Waals surface area (Å²) < 4.78 is 0. The molecule has 0 saturated heterocycles. The topological polar surface area (TPSA) is 28.2 Å². The van der Waals surface area contributed by atoms with Crippen LogP contribution in [0, 0.1) is 0 Å². The molecule has 0 unspecified atom stereocenters. The van der Waals surface area contributed by atoms with Crippen LogP contribution in [0.2, 0.25) is 0 Å². The normalized spacial score (nSPS) is 14.8. The van der Waals surface area contributed by atoms with Crippen LogP contribution >= 0.6 is 0 Å². The molecule has 98 valence electrons. The highest BCUT2D eigenvalue weighted by molar-refractivity contribution is 5.54. The van der Waals surface area contributed by atoms with Crippen LogP contribution in [0.5, 0.6) is 0 Å². The van der Waals surface area contributed by atoms with Gasteiger partial charge in [0.15, 0.2) is 0 Å². The molecule has 1 fully saturated rings. The highest BCUT2D eigenvalue weighted by atomic mass is 15.2. The van der Waals surface area contributed by atoms with E-state index in [1.807, 2.05) is 18.5 Å². The van der Waals surface area contributed by atoms with Crippen LogP contribution in [0.3, 0.4) is 0 Å². The van der Waals surface area contributed by atoms with Crippen molar-refractivity contribution < 1.29 is 0 Å². The van der Waals surface area contributed by atoms with Crippen LogP contribution < -0.4 is 10.2 Å². The zero-order valence-electron chi connectivity index (χ0n) is 11.4. The number of hydrogen-bond donors (Lipinski definition) is 1. The van der Waals surface area contributed by atoms with Crippen LogP contribution in [0.4, 0.5) is 5.69 Å². The van der Waals surface area contributed by atoms with E-state index in [1.165, 1.54) is 24.1 Å². The molecule has 0 spiro atoms. The van der Waals surface area contributed by atoms with E-state index in [-0.39, 0.29) is 0 Å². The van der Waals surface area contributed by atoms with Crippen molar-refractivity contribution in [2.45, 2.75) is 45.3 Å². The monoisotopic (exact) mass is 245 g/mol. The van der Waals surface area contributed by atoms with Crippen LogP contribution in [0.25, 0.3) is 0 Å². The lowest BCUT2D eigenvalue weighted by molar-refractivity contribution is 0.587. The van der Waals surface area contributed by atoms with Gasteiger partial charge in [-0.25, -0.2) is 0 Å². The Bertz CT molecular complexity index is 396. The maximum Gasteiger partial charge on any atom is 0.0448 e. The molecule has 1 aliphatic carbocycles. The summed E-state index contributed by atoms with van der Waals surface area (Å²) in [4.78, 5) is 6.70. The average Bonchev–Trinajstić information content (AvgIpc) is 3.18. The molecule has 1 aromatic rings. The summed E-state index contributed by atoms with van der Waals surface area (Å²) in [6, 6.07) is 3.31. The maximum atomic E-state index is 4.25. The van der Waals surface area contributed by atoms with Crippen molar-refractivity contribution in [3.8, 4) is 0 Å². The van der Waals surface area contributed by atoms with Gasteiger partial charge in [0.2, 0.25) is 0 Å². The number of hydrogen-bond acceptors (Lipinski definition) is 3. The SMILES string of the molecule is C=CCN(c1ccncc1CNC(C)C)C1CC1. The van der Waals surface area contributed by atoms with Gasteiger partial charge in [-0.15, -0.1) is 6.58 Å². The first-order chi connectivity index (χ1) is 8.72. The molecule has 1 saturated carbocycles. The molecule has 3 nitrogen and oxygen atoms in total. The Morgan fingerprint density at radius 2 is 2.33 bits per heavy atom. The van der Waals surface area contributed by atoms with Crippen molar-refractivity contribution in [1.82, 2.24) is 10.3 Å². The van der Waals surface area contributed by atoms with Crippen LogP contribution in [0.1, 0.15) is 32.3 Å². The zero-order chi connectivity index (χ0) is 13.0. The molecule has 0 bridgehead atoms. The fourth-order valence-corrected chi connectivity index (χ4v) is 2.12. The Hall–Kier alpha value is -1.35. The highest BCUT2D eigenvalue weighted by Crippen LogP contribution is 2.33. The highest BCUT2D eigenvalue weighted by Gasteiger charge is 2.29. The first-order valence-electron chi connectivity index (χ1n) is 6.76. The van der Waals surface area contributed by atoms with Gasteiger partial charge in [0, 0.05) is 48.8 Å². The van der Waals surface area contributed by atoms with E-state index >= 15 is 0 Å². The molecule has 1 heterocycles. The summed E-state index contributed by atoms with van der Waals surface area (Å²) in [5, 5.41) is 3.47. The smallest absolute Gasteiger partial charge is 0.0448 e. The van der Waals surface area contributed by atoms with Crippen LogP contribution in [0.15, 0.2) is 31.1 Å². The Morgan fingerprint density at radius 1 is 1.56 bits per heavy atom. The number of rotatable bonds is 7. The summed E-state index contributed by atoms with van der Waals surface area (Å²) in [6.45, 7) is 9.99. The Labute approximate surface area is 110 Å². The third kappa shape index (κ3) is 3.33. The quantitative estimate of drug-likeness (QED) is 0.749. The molecular weight excluding hydrogens is 222 g/mol. The van der Waals surface area contributed by atoms with Crippen molar-refractivity contribution in [3.05, 3.63) is 36.7 Å². The van der Waals surface area contributed by atoms with E-state index in [4.69, 9.17) is 0 Å². The van der Waals surface area contributed by atoms with Crippen LogP contribution in [-0.2, 0) is 6.54 Å². The first-order valence-corrected chi connectivity index (χ1v) is 6.76. The van der Waals surface area contributed by atoms with Gasteiger partial charge in [0.05, 0.1) is 0 Å². The number of nitrogens with one attached hydrogen (secondary N) is 1. The minimum atomic E-state index is 0.492. The molecule has 0 amide bonds. The third-order valence-corrected chi connectivity index (χ3v) is 3.20. The standard InChI is InChI=1S/C15H23N3/c1-4-9-18(14-5-6-14)15-7-8-16-10-13(15)11-17-12(2)3/h4,7-8,10,12,14,17H,1,5-6,9,11H2,2-3H3. The molecular formula is C15H23N3.